The number of nitrogens with two attached hydrogens (primary N) is 1. The van der Waals surface area contributed by atoms with Gasteiger partial charge in [0.1, 0.15) is 11.6 Å². The van der Waals surface area contributed by atoms with Crippen molar-refractivity contribution in [3.8, 4) is 29.1 Å². The summed E-state index contributed by atoms with van der Waals surface area (Å²) in [6, 6.07) is 12.4. The van der Waals surface area contributed by atoms with Gasteiger partial charge in [-0.15, -0.1) is 0 Å². The summed E-state index contributed by atoms with van der Waals surface area (Å²) in [7, 11) is 0. The number of carbonyl (C=O) groups is 1. The molecule has 0 spiro atoms. The van der Waals surface area contributed by atoms with Crippen LogP contribution in [0.3, 0.4) is 0 Å². The molecule has 1 aliphatic heterocycles. The molecule has 1 aliphatic rings. The molecule has 36 heavy (non-hydrogen) atoms. The van der Waals surface area contributed by atoms with Crippen molar-refractivity contribution in [3.05, 3.63) is 77.7 Å². The Morgan fingerprint density at radius 2 is 2.08 bits per heavy atom. The lowest BCUT2D eigenvalue weighted by Crippen LogP contribution is -2.38. The minimum Gasteiger partial charge on any atom is -0.437 e. The Hall–Kier alpha value is -4.42. The summed E-state index contributed by atoms with van der Waals surface area (Å²) in [5.41, 5.74) is 9.12. The molecule has 2 N–H and O–H groups in total. The Labute approximate surface area is 212 Å². The van der Waals surface area contributed by atoms with Crippen LogP contribution in [0.1, 0.15) is 30.0 Å². The molecule has 4 heterocycles. The van der Waals surface area contributed by atoms with Gasteiger partial charge in [-0.25, -0.2) is 15.0 Å². The number of benzene rings is 1. The number of anilines is 1. The van der Waals surface area contributed by atoms with Crippen LogP contribution in [0.4, 0.5) is 5.95 Å². The van der Waals surface area contributed by atoms with Crippen LogP contribution in [0.5, 0.6) is 11.6 Å². The molecule has 5 rings (SSSR count). The standard InChI is InChI=1S/C26H22ClN7O2/c1-2-23(35)33-11-3-4-18(15-33)24-20-8-10-31-26(29)34(20)25(32-24)17-5-6-21(19(27)13-17)36-22-12-16(14-28)7-9-30-22/h2,5-10,12-13,18H,1,3-4,11,15H2,(H2,29,31). The Kier molecular flexibility index (Phi) is 6.27. The number of nitriles is 1. The maximum Gasteiger partial charge on any atom is 0.245 e. The molecule has 0 radical (unpaired) electrons. The minimum atomic E-state index is -0.0817. The number of halogens is 1. The zero-order chi connectivity index (χ0) is 25.2. The van der Waals surface area contributed by atoms with Gasteiger partial charge in [-0.05, 0) is 49.2 Å². The van der Waals surface area contributed by atoms with E-state index in [4.69, 9.17) is 32.3 Å². The summed E-state index contributed by atoms with van der Waals surface area (Å²) >= 11 is 6.56. The molecule has 180 valence electrons. The smallest absolute Gasteiger partial charge is 0.245 e. The number of imidazole rings is 1. The maximum absolute atomic E-state index is 12.2. The van der Waals surface area contributed by atoms with Gasteiger partial charge in [-0.2, -0.15) is 5.26 Å². The van der Waals surface area contributed by atoms with Crippen molar-refractivity contribution in [2.75, 3.05) is 18.8 Å². The fraction of sp³-hybridized carbons (Fsp3) is 0.192. The highest BCUT2D eigenvalue weighted by atomic mass is 35.5. The summed E-state index contributed by atoms with van der Waals surface area (Å²) in [6.07, 6.45) is 6.27. The van der Waals surface area contributed by atoms with Crippen LogP contribution in [0.15, 0.2) is 61.4 Å². The first-order valence-corrected chi connectivity index (χ1v) is 11.7. The van der Waals surface area contributed by atoms with Gasteiger partial charge < -0.3 is 15.4 Å². The molecule has 0 aliphatic carbocycles. The van der Waals surface area contributed by atoms with Gasteiger partial charge >= 0.3 is 0 Å². The predicted molar refractivity (Wildman–Crippen MR) is 136 cm³/mol. The van der Waals surface area contributed by atoms with Crippen molar-refractivity contribution < 1.29 is 9.53 Å². The number of amides is 1. The molecule has 1 unspecified atom stereocenters. The number of nitrogen functional groups attached to an aromatic ring is 1. The third-order valence-electron chi connectivity index (χ3n) is 6.17. The number of fused-ring (bicyclic) bond motifs is 1. The molecule has 1 amide bonds. The average Bonchev–Trinajstić information content (AvgIpc) is 3.30. The van der Waals surface area contributed by atoms with Crippen molar-refractivity contribution >= 4 is 29.0 Å². The van der Waals surface area contributed by atoms with Gasteiger partial charge in [0.15, 0.2) is 0 Å². The Morgan fingerprint density at radius 1 is 1.25 bits per heavy atom. The van der Waals surface area contributed by atoms with Crippen LogP contribution in [0.2, 0.25) is 5.02 Å². The van der Waals surface area contributed by atoms with Crippen molar-refractivity contribution in [1.29, 1.82) is 5.26 Å². The fourth-order valence-electron chi connectivity index (χ4n) is 4.48. The van der Waals surface area contributed by atoms with Crippen LogP contribution in [0.25, 0.3) is 16.9 Å². The topological polar surface area (TPSA) is 122 Å². The van der Waals surface area contributed by atoms with Gasteiger partial charge in [-0.3, -0.25) is 9.20 Å². The first-order chi connectivity index (χ1) is 17.5. The van der Waals surface area contributed by atoms with Crippen molar-refractivity contribution in [1.82, 2.24) is 24.3 Å². The number of likely N-dealkylation sites (tertiary alicyclic amines) is 1. The van der Waals surface area contributed by atoms with Crippen LogP contribution in [-0.4, -0.2) is 43.2 Å². The van der Waals surface area contributed by atoms with E-state index in [1.165, 1.54) is 18.3 Å². The molecule has 1 fully saturated rings. The highest BCUT2D eigenvalue weighted by Crippen LogP contribution is 2.36. The average molecular weight is 500 g/mol. The van der Waals surface area contributed by atoms with Crippen LogP contribution in [-0.2, 0) is 4.79 Å². The summed E-state index contributed by atoms with van der Waals surface area (Å²) in [5.74, 6) is 1.51. The number of pyridine rings is 1. The van der Waals surface area contributed by atoms with E-state index in [1.807, 2.05) is 12.1 Å². The third kappa shape index (κ3) is 4.34. The van der Waals surface area contributed by atoms with Gasteiger partial charge in [0, 0.05) is 43.0 Å². The van der Waals surface area contributed by atoms with E-state index in [9.17, 15) is 4.79 Å². The third-order valence-corrected chi connectivity index (χ3v) is 6.47. The zero-order valence-corrected chi connectivity index (χ0v) is 20.0. The highest BCUT2D eigenvalue weighted by molar-refractivity contribution is 6.32. The van der Waals surface area contributed by atoms with Gasteiger partial charge in [0.05, 0.1) is 27.9 Å². The molecular weight excluding hydrogens is 478 g/mol. The SMILES string of the molecule is C=CC(=O)N1CCCC(c2nc(-c3ccc(Oc4cc(C#N)ccn4)c(Cl)c3)n3c(N)nccc23)C1. The molecule has 1 saturated heterocycles. The van der Waals surface area contributed by atoms with Gasteiger partial charge in [-0.1, -0.05) is 18.2 Å². The van der Waals surface area contributed by atoms with Crippen molar-refractivity contribution in [2.24, 2.45) is 0 Å². The summed E-state index contributed by atoms with van der Waals surface area (Å²) in [5, 5.41) is 9.44. The van der Waals surface area contributed by atoms with E-state index in [-0.39, 0.29) is 17.7 Å². The lowest BCUT2D eigenvalue weighted by atomic mass is 9.94. The number of carbonyl (C=O) groups excluding carboxylic acids is 1. The number of hydrogen-bond donors (Lipinski definition) is 1. The van der Waals surface area contributed by atoms with E-state index in [2.05, 4.69) is 22.6 Å². The first kappa shape index (κ1) is 23.3. The normalized spacial score (nSPS) is 15.4. The Morgan fingerprint density at radius 3 is 2.86 bits per heavy atom. The van der Waals surface area contributed by atoms with E-state index in [1.54, 1.807) is 33.7 Å². The van der Waals surface area contributed by atoms with E-state index < -0.39 is 0 Å². The second kappa shape index (κ2) is 9.68. The Bertz CT molecular complexity index is 1520. The molecule has 1 atom stereocenters. The second-order valence-corrected chi connectivity index (χ2v) is 8.82. The summed E-state index contributed by atoms with van der Waals surface area (Å²) in [4.78, 5) is 27.4. The largest absolute Gasteiger partial charge is 0.437 e. The van der Waals surface area contributed by atoms with Gasteiger partial charge in [0.2, 0.25) is 17.7 Å². The number of piperidine rings is 1. The van der Waals surface area contributed by atoms with Crippen molar-refractivity contribution in [2.45, 2.75) is 18.8 Å². The lowest BCUT2D eigenvalue weighted by molar-refractivity contribution is -0.127. The number of rotatable bonds is 5. The first-order valence-electron chi connectivity index (χ1n) is 11.4. The van der Waals surface area contributed by atoms with Crippen LogP contribution in [0, 0.1) is 11.3 Å². The molecule has 3 aromatic heterocycles. The minimum absolute atomic E-state index is 0.0461. The van der Waals surface area contributed by atoms with Crippen LogP contribution >= 0.6 is 11.6 Å². The number of ether oxygens (including phenoxy) is 1. The zero-order valence-electron chi connectivity index (χ0n) is 19.3. The van der Waals surface area contributed by atoms with Crippen LogP contribution < -0.4 is 10.5 Å². The Balaban J connectivity index is 1.52. The number of hydrogen-bond acceptors (Lipinski definition) is 7. The monoisotopic (exact) mass is 499 g/mol. The second-order valence-electron chi connectivity index (χ2n) is 8.41. The molecule has 0 saturated carbocycles. The molecule has 1 aromatic carbocycles. The quantitative estimate of drug-likeness (QED) is 0.398. The lowest BCUT2D eigenvalue weighted by Gasteiger charge is -2.31. The highest BCUT2D eigenvalue weighted by Gasteiger charge is 2.28. The summed E-state index contributed by atoms with van der Waals surface area (Å²) in [6.45, 7) is 4.87. The summed E-state index contributed by atoms with van der Waals surface area (Å²) < 4.78 is 7.59. The van der Waals surface area contributed by atoms with E-state index in [0.717, 1.165) is 29.6 Å². The van der Waals surface area contributed by atoms with Gasteiger partial charge in [0.25, 0.3) is 0 Å². The molecular formula is C26H22ClN7O2. The maximum atomic E-state index is 12.2. The number of aromatic nitrogens is 4. The molecule has 9 nitrogen and oxygen atoms in total. The van der Waals surface area contributed by atoms with E-state index in [0.29, 0.717) is 41.2 Å². The molecule has 0 bridgehead atoms. The predicted octanol–water partition coefficient (Wildman–Crippen LogP) is 4.58. The van der Waals surface area contributed by atoms with Crippen molar-refractivity contribution in [3.63, 3.8) is 0 Å². The fourth-order valence-corrected chi connectivity index (χ4v) is 4.70. The van der Waals surface area contributed by atoms with E-state index >= 15 is 0 Å². The number of nitrogens with zero attached hydrogens (tertiary/aromatic N) is 6. The molecule has 4 aromatic rings. The molecule has 10 heteroatoms.